The number of hydrogen-bond donors (Lipinski definition) is 2. The van der Waals surface area contributed by atoms with Gasteiger partial charge in [0, 0.05) is 5.56 Å². The molecule has 23 heavy (non-hydrogen) atoms. The van der Waals surface area contributed by atoms with Crippen LogP contribution in [0.2, 0.25) is 0 Å². The number of benzene rings is 2. The van der Waals surface area contributed by atoms with E-state index >= 15 is 0 Å². The van der Waals surface area contributed by atoms with Crippen LogP contribution in [0.15, 0.2) is 54.6 Å². The molecule has 0 radical (unpaired) electrons. The van der Waals surface area contributed by atoms with Crippen molar-refractivity contribution in [3.63, 3.8) is 0 Å². The van der Waals surface area contributed by atoms with E-state index < -0.39 is 23.9 Å². The Labute approximate surface area is 132 Å². The predicted molar refractivity (Wildman–Crippen MR) is 82.1 cm³/mol. The summed E-state index contributed by atoms with van der Waals surface area (Å²) >= 11 is 0. The number of nitrogens with one attached hydrogen (secondary N) is 1. The lowest BCUT2D eigenvalue weighted by atomic mass is 10.1. The average molecular weight is 313 g/mol. The molecule has 0 heterocycles. The largest absolute Gasteiger partial charge is 0.479 e. The average Bonchev–Trinajstić information content (AvgIpc) is 2.59. The molecule has 0 fully saturated rings. The van der Waals surface area contributed by atoms with Gasteiger partial charge in [-0.2, -0.15) is 0 Å². The zero-order valence-electron chi connectivity index (χ0n) is 12.4. The Morgan fingerprint density at radius 2 is 1.65 bits per heavy atom. The summed E-state index contributed by atoms with van der Waals surface area (Å²) in [6, 6.07) is 13.1. The Morgan fingerprint density at radius 3 is 2.26 bits per heavy atom. The van der Waals surface area contributed by atoms with Crippen molar-refractivity contribution in [3.8, 4) is 0 Å². The highest BCUT2D eigenvalue weighted by Crippen LogP contribution is 2.14. The van der Waals surface area contributed by atoms with Crippen molar-refractivity contribution in [2.45, 2.75) is 6.04 Å². The fraction of sp³-hybridized carbons (Fsp3) is 0.118. The summed E-state index contributed by atoms with van der Waals surface area (Å²) in [5.74, 6) is -2.34. The second-order valence-corrected chi connectivity index (χ2v) is 4.73. The van der Waals surface area contributed by atoms with Crippen molar-refractivity contribution in [3.05, 3.63) is 71.3 Å². The van der Waals surface area contributed by atoms with Crippen LogP contribution in [0.25, 0.3) is 0 Å². The second kappa shape index (κ2) is 7.22. The number of hydrogen-bond acceptors (Lipinski definition) is 4. The third-order valence-electron chi connectivity index (χ3n) is 3.20. The van der Waals surface area contributed by atoms with Gasteiger partial charge in [0.05, 0.1) is 12.7 Å². The van der Waals surface area contributed by atoms with Gasteiger partial charge in [-0.1, -0.05) is 36.4 Å². The van der Waals surface area contributed by atoms with Crippen LogP contribution < -0.4 is 5.32 Å². The minimum atomic E-state index is -1.18. The minimum Gasteiger partial charge on any atom is -0.479 e. The van der Waals surface area contributed by atoms with Gasteiger partial charge in [-0.25, -0.2) is 9.59 Å². The van der Waals surface area contributed by atoms with Gasteiger partial charge >= 0.3 is 11.9 Å². The van der Waals surface area contributed by atoms with E-state index in [2.05, 4.69) is 10.1 Å². The number of rotatable bonds is 5. The first-order valence-electron chi connectivity index (χ1n) is 6.80. The molecule has 118 valence electrons. The number of esters is 1. The van der Waals surface area contributed by atoms with E-state index in [4.69, 9.17) is 0 Å². The van der Waals surface area contributed by atoms with Gasteiger partial charge in [-0.05, 0) is 23.8 Å². The SMILES string of the molecule is COC(=O)c1cccc(C(=O)NC(C(=O)O)c2ccccc2)c1. The molecule has 0 saturated heterocycles. The molecule has 2 rings (SSSR count). The number of carboxylic acids is 1. The van der Waals surface area contributed by atoms with Crippen molar-refractivity contribution < 1.29 is 24.2 Å². The summed E-state index contributed by atoms with van der Waals surface area (Å²) in [5, 5.41) is 11.8. The van der Waals surface area contributed by atoms with Gasteiger partial charge < -0.3 is 15.2 Å². The molecule has 2 aromatic rings. The smallest absolute Gasteiger partial charge is 0.337 e. The molecule has 0 spiro atoms. The van der Waals surface area contributed by atoms with E-state index in [0.29, 0.717) is 5.56 Å². The number of carbonyl (C=O) groups is 3. The zero-order chi connectivity index (χ0) is 16.8. The van der Waals surface area contributed by atoms with Crippen LogP contribution in [0, 0.1) is 0 Å². The maximum atomic E-state index is 12.3. The van der Waals surface area contributed by atoms with E-state index in [1.807, 2.05) is 0 Å². The molecule has 0 bridgehead atoms. The second-order valence-electron chi connectivity index (χ2n) is 4.73. The summed E-state index contributed by atoms with van der Waals surface area (Å²) in [4.78, 5) is 35.2. The third-order valence-corrected chi connectivity index (χ3v) is 3.20. The highest BCUT2D eigenvalue weighted by atomic mass is 16.5. The number of carbonyl (C=O) groups excluding carboxylic acids is 2. The molecule has 6 nitrogen and oxygen atoms in total. The van der Waals surface area contributed by atoms with Crippen LogP contribution >= 0.6 is 0 Å². The Morgan fingerprint density at radius 1 is 1.00 bits per heavy atom. The topological polar surface area (TPSA) is 92.7 Å². The molecule has 1 amide bonds. The molecule has 0 aromatic heterocycles. The zero-order valence-corrected chi connectivity index (χ0v) is 12.4. The summed E-state index contributed by atoms with van der Waals surface area (Å²) < 4.78 is 4.59. The molecule has 1 unspecified atom stereocenters. The maximum Gasteiger partial charge on any atom is 0.337 e. The summed E-state index contributed by atoms with van der Waals surface area (Å²) in [6.07, 6.45) is 0. The first-order valence-corrected chi connectivity index (χ1v) is 6.80. The number of amides is 1. The van der Waals surface area contributed by atoms with E-state index in [-0.39, 0.29) is 11.1 Å². The minimum absolute atomic E-state index is 0.176. The molecular weight excluding hydrogens is 298 g/mol. The van der Waals surface area contributed by atoms with E-state index in [9.17, 15) is 19.5 Å². The van der Waals surface area contributed by atoms with Crippen LogP contribution in [0.1, 0.15) is 32.3 Å². The van der Waals surface area contributed by atoms with Crippen molar-refractivity contribution in [2.24, 2.45) is 0 Å². The lowest BCUT2D eigenvalue weighted by molar-refractivity contribution is -0.139. The standard InChI is InChI=1S/C17H15NO5/c1-23-17(22)13-9-5-8-12(10-13)15(19)18-14(16(20)21)11-6-3-2-4-7-11/h2-10,14H,1H3,(H,18,19)(H,20,21). The molecule has 0 aliphatic heterocycles. The number of ether oxygens (including phenoxy) is 1. The van der Waals surface area contributed by atoms with E-state index in [1.165, 1.54) is 31.4 Å². The van der Waals surface area contributed by atoms with Crippen molar-refractivity contribution in [1.82, 2.24) is 5.32 Å². The molecule has 1 atom stereocenters. The molecule has 6 heteroatoms. The normalized spacial score (nSPS) is 11.3. The van der Waals surface area contributed by atoms with Crippen LogP contribution in [0.3, 0.4) is 0 Å². The summed E-state index contributed by atoms with van der Waals surface area (Å²) in [6.45, 7) is 0. The molecule has 2 aromatic carbocycles. The van der Waals surface area contributed by atoms with Gasteiger partial charge in [0.1, 0.15) is 0 Å². The molecule has 0 saturated carbocycles. The van der Waals surface area contributed by atoms with Crippen molar-refractivity contribution in [2.75, 3.05) is 7.11 Å². The Kier molecular flexibility index (Phi) is 5.09. The van der Waals surface area contributed by atoms with Gasteiger partial charge in [0.25, 0.3) is 5.91 Å². The van der Waals surface area contributed by atoms with Crippen LogP contribution in [0.5, 0.6) is 0 Å². The highest BCUT2D eigenvalue weighted by Gasteiger charge is 2.22. The third kappa shape index (κ3) is 3.94. The Hall–Kier alpha value is -3.15. The van der Waals surface area contributed by atoms with Gasteiger partial charge in [-0.15, -0.1) is 0 Å². The quantitative estimate of drug-likeness (QED) is 0.824. The Balaban J connectivity index is 2.23. The van der Waals surface area contributed by atoms with Gasteiger partial charge in [-0.3, -0.25) is 4.79 Å². The number of methoxy groups -OCH3 is 1. The van der Waals surface area contributed by atoms with E-state index in [1.54, 1.807) is 30.3 Å². The number of aliphatic carboxylic acids is 1. The monoisotopic (exact) mass is 313 g/mol. The predicted octanol–water partition coefficient (Wildman–Crippen LogP) is 2.03. The van der Waals surface area contributed by atoms with Crippen LogP contribution in [0.4, 0.5) is 0 Å². The molecule has 0 aliphatic carbocycles. The molecule has 2 N–H and O–H groups in total. The van der Waals surface area contributed by atoms with Crippen LogP contribution in [-0.4, -0.2) is 30.1 Å². The first-order chi connectivity index (χ1) is 11.0. The maximum absolute atomic E-state index is 12.3. The van der Waals surface area contributed by atoms with Gasteiger partial charge in [0.2, 0.25) is 0 Å². The van der Waals surface area contributed by atoms with Crippen LogP contribution in [-0.2, 0) is 9.53 Å². The highest BCUT2D eigenvalue weighted by molar-refractivity contribution is 5.99. The van der Waals surface area contributed by atoms with Crippen molar-refractivity contribution in [1.29, 1.82) is 0 Å². The lowest BCUT2D eigenvalue weighted by Crippen LogP contribution is -2.33. The van der Waals surface area contributed by atoms with Gasteiger partial charge in [0.15, 0.2) is 6.04 Å². The molecule has 0 aliphatic rings. The summed E-state index contributed by atoms with van der Waals surface area (Å²) in [5.41, 5.74) is 0.847. The first kappa shape index (κ1) is 16.2. The van der Waals surface area contributed by atoms with Crippen molar-refractivity contribution >= 4 is 17.8 Å². The Bertz CT molecular complexity index is 727. The summed E-state index contributed by atoms with van der Waals surface area (Å²) in [7, 11) is 1.24. The molecular formula is C17H15NO5. The fourth-order valence-corrected chi connectivity index (χ4v) is 2.05. The van der Waals surface area contributed by atoms with E-state index in [0.717, 1.165) is 0 Å². The fourth-order valence-electron chi connectivity index (χ4n) is 2.05. The number of carboxylic acid groups (broad SMARTS) is 1. The lowest BCUT2D eigenvalue weighted by Gasteiger charge is -2.15.